The van der Waals surface area contributed by atoms with Crippen LogP contribution in [0.5, 0.6) is 5.75 Å². The summed E-state index contributed by atoms with van der Waals surface area (Å²) in [6.07, 6.45) is -0.566. The Hall–Kier alpha value is -1.70. The van der Waals surface area contributed by atoms with E-state index in [1.54, 1.807) is 12.1 Å². The van der Waals surface area contributed by atoms with Gasteiger partial charge in [0, 0.05) is 44.9 Å². The SMILES string of the molecule is CCN1CCN(C[C@@H](O)COc2ccc([N+](=O)[O-])cc2)CC1. The maximum absolute atomic E-state index is 10.6. The molecule has 1 aromatic carbocycles. The number of nitro groups is 1. The molecule has 0 saturated carbocycles. The van der Waals surface area contributed by atoms with Gasteiger partial charge in [0.05, 0.1) is 4.92 Å². The van der Waals surface area contributed by atoms with Gasteiger partial charge in [-0.15, -0.1) is 0 Å². The van der Waals surface area contributed by atoms with Gasteiger partial charge in [0.25, 0.3) is 5.69 Å². The third-order valence-electron chi connectivity index (χ3n) is 3.87. The van der Waals surface area contributed by atoms with Crippen LogP contribution in [0.1, 0.15) is 6.92 Å². The van der Waals surface area contributed by atoms with Crippen LogP contribution in [0, 0.1) is 10.1 Å². The smallest absolute Gasteiger partial charge is 0.269 e. The lowest BCUT2D eigenvalue weighted by Crippen LogP contribution is -2.49. The number of β-amino-alcohol motifs (C(OH)–C–C–N with tert-alkyl or cyclic N) is 1. The van der Waals surface area contributed by atoms with E-state index in [-0.39, 0.29) is 12.3 Å². The Bertz CT molecular complexity index is 472. The van der Waals surface area contributed by atoms with Crippen LogP contribution in [0.2, 0.25) is 0 Å². The molecule has 1 fully saturated rings. The zero-order valence-corrected chi connectivity index (χ0v) is 12.9. The Labute approximate surface area is 130 Å². The zero-order valence-electron chi connectivity index (χ0n) is 12.9. The first-order valence-corrected chi connectivity index (χ1v) is 7.58. The van der Waals surface area contributed by atoms with Gasteiger partial charge < -0.3 is 14.7 Å². The lowest BCUT2D eigenvalue weighted by Gasteiger charge is -2.34. The number of hydrogen-bond donors (Lipinski definition) is 1. The summed E-state index contributed by atoms with van der Waals surface area (Å²) in [6, 6.07) is 5.88. The van der Waals surface area contributed by atoms with Crippen LogP contribution in [-0.4, -0.2) is 71.8 Å². The first-order valence-electron chi connectivity index (χ1n) is 7.58. The maximum Gasteiger partial charge on any atom is 0.269 e. The second kappa shape index (κ2) is 8.07. The lowest BCUT2D eigenvalue weighted by molar-refractivity contribution is -0.384. The maximum atomic E-state index is 10.6. The fourth-order valence-corrected chi connectivity index (χ4v) is 2.50. The second-order valence-electron chi connectivity index (χ2n) is 5.45. The van der Waals surface area contributed by atoms with Gasteiger partial charge in [0.2, 0.25) is 0 Å². The monoisotopic (exact) mass is 309 g/mol. The highest BCUT2D eigenvalue weighted by atomic mass is 16.6. The van der Waals surface area contributed by atoms with Crippen LogP contribution in [0.15, 0.2) is 24.3 Å². The summed E-state index contributed by atoms with van der Waals surface area (Å²) < 4.78 is 5.48. The summed E-state index contributed by atoms with van der Waals surface area (Å²) in [5.41, 5.74) is 0.0293. The number of benzene rings is 1. The minimum absolute atomic E-state index is 0.0293. The molecule has 0 aromatic heterocycles. The van der Waals surface area contributed by atoms with Crippen molar-refractivity contribution in [2.75, 3.05) is 45.9 Å². The number of hydrogen-bond acceptors (Lipinski definition) is 6. The highest BCUT2D eigenvalue weighted by Crippen LogP contribution is 2.17. The molecule has 0 radical (unpaired) electrons. The number of aliphatic hydroxyl groups is 1. The topological polar surface area (TPSA) is 79.1 Å². The predicted octanol–water partition coefficient (Wildman–Crippen LogP) is 0.972. The minimum atomic E-state index is -0.566. The molecule has 1 aromatic rings. The number of aliphatic hydroxyl groups excluding tert-OH is 1. The summed E-state index contributed by atoms with van der Waals surface area (Å²) in [7, 11) is 0. The van der Waals surface area contributed by atoms with Gasteiger partial charge in [-0.1, -0.05) is 6.92 Å². The Morgan fingerprint density at radius 3 is 2.36 bits per heavy atom. The number of piperazine rings is 1. The van der Waals surface area contributed by atoms with Crippen molar-refractivity contribution in [2.45, 2.75) is 13.0 Å². The number of nitro benzene ring substituents is 1. The molecule has 0 bridgehead atoms. The summed E-state index contributed by atoms with van der Waals surface area (Å²) in [5.74, 6) is 0.528. The molecule has 122 valence electrons. The Balaban J connectivity index is 1.71. The van der Waals surface area contributed by atoms with Gasteiger partial charge in [-0.2, -0.15) is 0 Å². The largest absolute Gasteiger partial charge is 0.491 e. The third-order valence-corrected chi connectivity index (χ3v) is 3.87. The number of rotatable bonds is 7. The molecule has 7 nitrogen and oxygen atoms in total. The van der Waals surface area contributed by atoms with Crippen molar-refractivity contribution in [1.29, 1.82) is 0 Å². The van der Waals surface area contributed by atoms with Crippen molar-refractivity contribution < 1.29 is 14.8 Å². The highest BCUT2D eigenvalue weighted by Gasteiger charge is 2.18. The van der Waals surface area contributed by atoms with Crippen molar-refractivity contribution in [1.82, 2.24) is 9.80 Å². The molecule has 1 aliphatic rings. The summed E-state index contributed by atoms with van der Waals surface area (Å²) in [6.45, 7) is 7.99. The molecule has 7 heteroatoms. The van der Waals surface area contributed by atoms with E-state index in [0.29, 0.717) is 12.3 Å². The number of likely N-dealkylation sites (N-methyl/N-ethyl adjacent to an activating group) is 1. The molecule has 1 aliphatic heterocycles. The molecule has 2 rings (SSSR count). The fourth-order valence-electron chi connectivity index (χ4n) is 2.50. The van der Waals surface area contributed by atoms with Gasteiger partial charge in [-0.3, -0.25) is 15.0 Å². The first-order chi connectivity index (χ1) is 10.6. The van der Waals surface area contributed by atoms with E-state index in [4.69, 9.17) is 4.74 Å². The van der Waals surface area contributed by atoms with Gasteiger partial charge in [0.15, 0.2) is 0 Å². The molecule has 1 saturated heterocycles. The standard InChI is InChI=1S/C15H23N3O4/c1-2-16-7-9-17(10-8-16)11-14(19)12-22-15-5-3-13(4-6-15)18(20)21/h3-6,14,19H,2,7-12H2,1H3/t14-/m1/s1. The van der Waals surface area contributed by atoms with Gasteiger partial charge in [-0.25, -0.2) is 0 Å². The van der Waals surface area contributed by atoms with Gasteiger partial charge >= 0.3 is 0 Å². The van der Waals surface area contributed by atoms with Crippen LogP contribution in [0.3, 0.4) is 0 Å². The van der Waals surface area contributed by atoms with Crippen LogP contribution in [0.25, 0.3) is 0 Å². The minimum Gasteiger partial charge on any atom is -0.491 e. The molecule has 1 heterocycles. The van der Waals surface area contributed by atoms with E-state index < -0.39 is 11.0 Å². The number of ether oxygens (including phenoxy) is 1. The highest BCUT2D eigenvalue weighted by molar-refractivity contribution is 5.35. The van der Waals surface area contributed by atoms with E-state index in [2.05, 4.69) is 16.7 Å². The Morgan fingerprint density at radius 2 is 1.82 bits per heavy atom. The Kier molecular flexibility index (Phi) is 6.11. The van der Waals surface area contributed by atoms with E-state index in [1.807, 2.05) is 0 Å². The molecule has 0 spiro atoms. The van der Waals surface area contributed by atoms with Crippen LogP contribution in [-0.2, 0) is 0 Å². The summed E-state index contributed by atoms with van der Waals surface area (Å²) in [4.78, 5) is 14.7. The molecular formula is C15H23N3O4. The second-order valence-corrected chi connectivity index (χ2v) is 5.45. The van der Waals surface area contributed by atoms with Crippen molar-refractivity contribution >= 4 is 5.69 Å². The van der Waals surface area contributed by atoms with E-state index in [1.165, 1.54) is 12.1 Å². The fraction of sp³-hybridized carbons (Fsp3) is 0.600. The average Bonchev–Trinajstić information content (AvgIpc) is 2.54. The van der Waals surface area contributed by atoms with Crippen LogP contribution in [0.4, 0.5) is 5.69 Å². The molecule has 0 aliphatic carbocycles. The molecule has 0 amide bonds. The van der Waals surface area contributed by atoms with E-state index >= 15 is 0 Å². The molecule has 0 unspecified atom stereocenters. The quantitative estimate of drug-likeness (QED) is 0.597. The third kappa shape index (κ3) is 4.94. The normalized spacial score (nSPS) is 18.1. The van der Waals surface area contributed by atoms with Crippen molar-refractivity contribution in [3.8, 4) is 5.75 Å². The van der Waals surface area contributed by atoms with E-state index in [0.717, 1.165) is 32.7 Å². The molecule has 22 heavy (non-hydrogen) atoms. The van der Waals surface area contributed by atoms with Gasteiger partial charge in [0.1, 0.15) is 18.5 Å². The molecule has 1 N–H and O–H groups in total. The summed E-state index contributed by atoms with van der Waals surface area (Å²) in [5, 5.41) is 20.6. The van der Waals surface area contributed by atoms with Crippen LogP contribution >= 0.6 is 0 Å². The number of non-ortho nitro benzene ring substituents is 1. The van der Waals surface area contributed by atoms with Crippen molar-refractivity contribution in [2.24, 2.45) is 0 Å². The van der Waals surface area contributed by atoms with Crippen molar-refractivity contribution in [3.63, 3.8) is 0 Å². The van der Waals surface area contributed by atoms with Crippen molar-refractivity contribution in [3.05, 3.63) is 34.4 Å². The summed E-state index contributed by atoms with van der Waals surface area (Å²) >= 11 is 0. The van der Waals surface area contributed by atoms with Crippen LogP contribution < -0.4 is 4.74 Å². The molecule has 1 atom stereocenters. The van der Waals surface area contributed by atoms with Gasteiger partial charge in [-0.05, 0) is 18.7 Å². The molecular weight excluding hydrogens is 286 g/mol. The lowest BCUT2D eigenvalue weighted by atomic mass is 10.2. The predicted molar refractivity (Wildman–Crippen MR) is 83.2 cm³/mol. The average molecular weight is 309 g/mol. The zero-order chi connectivity index (χ0) is 15.9. The Morgan fingerprint density at radius 1 is 1.23 bits per heavy atom. The first kappa shape index (κ1) is 16.7. The number of nitrogens with zero attached hydrogens (tertiary/aromatic N) is 3. The van der Waals surface area contributed by atoms with E-state index in [9.17, 15) is 15.2 Å².